The van der Waals surface area contributed by atoms with E-state index in [2.05, 4.69) is 5.32 Å². The van der Waals surface area contributed by atoms with Gasteiger partial charge in [0.15, 0.2) is 0 Å². The number of amides is 1. The Bertz CT molecular complexity index is 147. The fourth-order valence-corrected chi connectivity index (χ4v) is 0.999. The summed E-state index contributed by atoms with van der Waals surface area (Å²) >= 11 is 0. The van der Waals surface area contributed by atoms with Crippen LogP contribution in [-0.4, -0.2) is 23.2 Å². The summed E-state index contributed by atoms with van der Waals surface area (Å²) in [7, 11) is 0. The second-order valence-corrected chi connectivity index (χ2v) is 3.29. The maximum atomic E-state index is 11.1. The first-order valence-electron chi connectivity index (χ1n) is 4.50. The van der Waals surface area contributed by atoms with Gasteiger partial charge in [-0.05, 0) is 19.8 Å². The van der Waals surface area contributed by atoms with E-state index in [1.54, 1.807) is 0 Å². The van der Waals surface area contributed by atoms with Gasteiger partial charge in [-0.2, -0.15) is 0 Å². The number of hydrogen-bond donors (Lipinski definition) is 2. The molecule has 0 saturated carbocycles. The van der Waals surface area contributed by atoms with Crippen LogP contribution < -0.4 is 5.32 Å². The van der Waals surface area contributed by atoms with E-state index in [4.69, 9.17) is 5.11 Å². The molecule has 1 unspecified atom stereocenters. The third-order valence-electron chi connectivity index (χ3n) is 2.21. The third kappa shape index (κ3) is 3.72. The van der Waals surface area contributed by atoms with Crippen molar-refractivity contribution in [3.63, 3.8) is 0 Å². The predicted octanol–water partition coefficient (Wildman–Crippen LogP) is 1.06. The van der Waals surface area contributed by atoms with Crippen LogP contribution in [0.4, 0.5) is 0 Å². The minimum absolute atomic E-state index is 0.0489. The molecule has 0 aliphatic rings. The molecule has 3 nitrogen and oxygen atoms in total. The minimum Gasteiger partial charge on any atom is -0.396 e. The fraction of sp³-hybridized carbons (Fsp3) is 0.889. The first-order chi connectivity index (χ1) is 5.58. The number of carbonyl (C=O) groups is 1. The first kappa shape index (κ1) is 11.4. The van der Waals surface area contributed by atoms with Gasteiger partial charge in [-0.1, -0.05) is 13.8 Å². The van der Waals surface area contributed by atoms with E-state index in [0.29, 0.717) is 12.8 Å². The van der Waals surface area contributed by atoms with Crippen molar-refractivity contribution in [2.24, 2.45) is 0 Å². The molecular formula is C9H19NO2. The van der Waals surface area contributed by atoms with Crippen LogP contribution in [0.1, 0.15) is 40.0 Å². The van der Waals surface area contributed by atoms with Crippen molar-refractivity contribution in [2.75, 3.05) is 6.61 Å². The molecule has 1 atom stereocenters. The van der Waals surface area contributed by atoms with Crippen molar-refractivity contribution >= 4 is 5.91 Å². The first-order valence-corrected chi connectivity index (χ1v) is 4.50. The SMILES string of the molecule is CCC(=O)NC(C)(CC)CCO. The van der Waals surface area contributed by atoms with Gasteiger partial charge >= 0.3 is 0 Å². The van der Waals surface area contributed by atoms with Crippen LogP contribution in [0.5, 0.6) is 0 Å². The van der Waals surface area contributed by atoms with Gasteiger partial charge in [0.05, 0.1) is 0 Å². The Morgan fingerprint density at radius 2 is 2.08 bits per heavy atom. The Labute approximate surface area is 74.2 Å². The molecule has 0 rings (SSSR count). The molecule has 0 aromatic rings. The molecule has 3 heteroatoms. The molecule has 0 bridgehead atoms. The summed E-state index contributed by atoms with van der Waals surface area (Å²) in [4.78, 5) is 11.1. The van der Waals surface area contributed by atoms with Gasteiger partial charge in [-0.25, -0.2) is 0 Å². The summed E-state index contributed by atoms with van der Waals surface area (Å²) < 4.78 is 0. The summed E-state index contributed by atoms with van der Waals surface area (Å²) in [5.74, 6) is 0.0489. The number of aliphatic hydroxyl groups is 1. The molecule has 0 saturated heterocycles. The average Bonchev–Trinajstić information content (AvgIpc) is 2.05. The summed E-state index contributed by atoms with van der Waals surface area (Å²) in [5.41, 5.74) is -0.234. The Morgan fingerprint density at radius 1 is 1.50 bits per heavy atom. The lowest BCUT2D eigenvalue weighted by Crippen LogP contribution is -2.45. The number of aliphatic hydroxyl groups excluding tert-OH is 1. The van der Waals surface area contributed by atoms with Crippen molar-refractivity contribution in [3.05, 3.63) is 0 Å². The number of hydrogen-bond acceptors (Lipinski definition) is 2. The zero-order valence-corrected chi connectivity index (χ0v) is 8.18. The van der Waals surface area contributed by atoms with Crippen molar-refractivity contribution in [1.82, 2.24) is 5.32 Å². The lowest BCUT2D eigenvalue weighted by atomic mass is 9.95. The lowest BCUT2D eigenvalue weighted by molar-refractivity contribution is -0.122. The van der Waals surface area contributed by atoms with Gasteiger partial charge in [0.25, 0.3) is 0 Å². The normalized spacial score (nSPS) is 15.3. The van der Waals surface area contributed by atoms with Crippen LogP contribution in [-0.2, 0) is 4.79 Å². The maximum absolute atomic E-state index is 11.1. The van der Waals surface area contributed by atoms with E-state index in [1.165, 1.54) is 0 Å². The topological polar surface area (TPSA) is 49.3 Å². The van der Waals surface area contributed by atoms with Crippen molar-refractivity contribution in [1.29, 1.82) is 0 Å². The summed E-state index contributed by atoms with van der Waals surface area (Å²) in [5, 5.41) is 11.7. The Balaban J connectivity index is 4.03. The summed E-state index contributed by atoms with van der Waals surface area (Å²) in [6, 6.07) is 0. The van der Waals surface area contributed by atoms with Crippen molar-refractivity contribution < 1.29 is 9.90 Å². The minimum atomic E-state index is -0.234. The molecule has 0 aromatic heterocycles. The predicted molar refractivity (Wildman–Crippen MR) is 48.8 cm³/mol. The smallest absolute Gasteiger partial charge is 0.220 e. The standard InChI is InChI=1S/C9H19NO2/c1-4-8(12)10-9(3,5-2)6-7-11/h11H,4-7H2,1-3H3,(H,10,12). The van der Waals surface area contributed by atoms with Crippen LogP contribution in [0.25, 0.3) is 0 Å². The molecule has 2 N–H and O–H groups in total. The maximum Gasteiger partial charge on any atom is 0.220 e. The van der Waals surface area contributed by atoms with E-state index < -0.39 is 0 Å². The molecule has 0 aliphatic heterocycles. The van der Waals surface area contributed by atoms with Gasteiger partial charge in [0.2, 0.25) is 5.91 Å². The van der Waals surface area contributed by atoms with Crippen LogP contribution in [0, 0.1) is 0 Å². The van der Waals surface area contributed by atoms with E-state index in [-0.39, 0.29) is 18.1 Å². The summed E-state index contributed by atoms with van der Waals surface area (Å²) in [6.07, 6.45) is 1.97. The van der Waals surface area contributed by atoms with E-state index in [0.717, 1.165) is 6.42 Å². The van der Waals surface area contributed by atoms with Crippen LogP contribution in [0.2, 0.25) is 0 Å². The quantitative estimate of drug-likeness (QED) is 0.653. The number of rotatable bonds is 5. The Hall–Kier alpha value is -0.570. The molecule has 72 valence electrons. The highest BCUT2D eigenvalue weighted by Crippen LogP contribution is 2.13. The number of nitrogens with one attached hydrogen (secondary N) is 1. The van der Waals surface area contributed by atoms with Crippen molar-refractivity contribution in [3.8, 4) is 0 Å². The molecule has 0 aliphatic carbocycles. The van der Waals surface area contributed by atoms with Crippen LogP contribution >= 0.6 is 0 Å². The highest BCUT2D eigenvalue weighted by molar-refractivity contribution is 5.76. The van der Waals surface area contributed by atoms with Crippen LogP contribution in [0.15, 0.2) is 0 Å². The van der Waals surface area contributed by atoms with Gasteiger partial charge in [0, 0.05) is 18.6 Å². The molecular weight excluding hydrogens is 154 g/mol. The fourth-order valence-electron chi connectivity index (χ4n) is 0.999. The average molecular weight is 173 g/mol. The second-order valence-electron chi connectivity index (χ2n) is 3.29. The van der Waals surface area contributed by atoms with Crippen molar-refractivity contribution in [2.45, 2.75) is 45.6 Å². The Morgan fingerprint density at radius 3 is 2.42 bits per heavy atom. The monoisotopic (exact) mass is 173 g/mol. The largest absolute Gasteiger partial charge is 0.396 e. The Kier molecular flexibility index (Phi) is 4.90. The molecule has 1 amide bonds. The van der Waals surface area contributed by atoms with E-state index >= 15 is 0 Å². The second kappa shape index (κ2) is 5.14. The number of carbonyl (C=O) groups excluding carboxylic acids is 1. The zero-order valence-electron chi connectivity index (χ0n) is 8.18. The van der Waals surface area contributed by atoms with Gasteiger partial charge < -0.3 is 10.4 Å². The summed E-state index contributed by atoms with van der Waals surface area (Å²) in [6.45, 7) is 5.90. The molecule has 12 heavy (non-hydrogen) atoms. The van der Waals surface area contributed by atoms with Gasteiger partial charge in [-0.3, -0.25) is 4.79 Å². The zero-order chi connectivity index (χ0) is 9.61. The lowest BCUT2D eigenvalue weighted by Gasteiger charge is -2.28. The van der Waals surface area contributed by atoms with Crippen LogP contribution in [0.3, 0.4) is 0 Å². The highest BCUT2D eigenvalue weighted by Gasteiger charge is 2.22. The van der Waals surface area contributed by atoms with Gasteiger partial charge in [-0.15, -0.1) is 0 Å². The van der Waals surface area contributed by atoms with Gasteiger partial charge in [0.1, 0.15) is 0 Å². The molecule has 0 fully saturated rings. The van der Waals surface area contributed by atoms with E-state index in [1.807, 2.05) is 20.8 Å². The van der Waals surface area contributed by atoms with E-state index in [9.17, 15) is 4.79 Å². The molecule has 0 radical (unpaired) electrons. The molecule has 0 spiro atoms. The molecule has 0 heterocycles. The highest BCUT2D eigenvalue weighted by atomic mass is 16.3. The molecule has 0 aromatic carbocycles. The third-order valence-corrected chi connectivity index (χ3v) is 2.21.